The zero-order valence-corrected chi connectivity index (χ0v) is 11.9. The molecule has 0 aromatic heterocycles. The van der Waals surface area contributed by atoms with E-state index in [2.05, 4.69) is 33.0 Å². The Hall–Kier alpha value is -0.540. The normalized spacial score (nSPS) is 13.1. The Labute approximate surface area is 108 Å². The molecule has 0 saturated carbocycles. The van der Waals surface area contributed by atoms with Crippen molar-refractivity contribution in [3.63, 3.8) is 0 Å². The SMILES string of the molecule is CCNCc1cccc(F)c1SC(C)C(C)C. The van der Waals surface area contributed by atoms with Gasteiger partial charge in [-0.05, 0) is 24.1 Å². The number of rotatable bonds is 6. The summed E-state index contributed by atoms with van der Waals surface area (Å²) in [7, 11) is 0. The Morgan fingerprint density at radius 1 is 1.29 bits per heavy atom. The number of thioether (sulfide) groups is 1. The maximum Gasteiger partial charge on any atom is 0.137 e. The quantitative estimate of drug-likeness (QED) is 0.769. The van der Waals surface area contributed by atoms with Crippen LogP contribution in [0.25, 0.3) is 0 Å². The lowest BCUT2D eigenvalue weighted by molar-refractivity contribution is 0.587. The Morgan fingerprint density at radius 3 is 2.59 bits per heavy atom. The summed E-state index contributed by atoms with van der Waals surface area (Å²) in [6.07, 6.45) is 0. The van der Waals surface area contributed by atoms with E-state index >= 15 is 0 Å². The Balaban J connectivity index is 2.87. The van der Waals surface area contributed by atoms with Crippen molar-refractivity contribution in [1.29, 1.82) is 0 Å². The fourth-order valence-electron chi connectivity index (χ4n) is 1.41. The monoisotopic (exact) mass is 255 g/mol. The van der Waals surface area contributed by atoms with Gasteiger partial charge in [0.05, 0.1) is 0 Å². The Morgan fingerprint density at radius 2 is 2.00 bits per heavy atom. The van der Waals surface area contributed by atoms with Crippen LogP contribution in [0.1, 0.15) is 33.3 Å². The van der Waals surface area contributed by atoms with Crippen molar-refractivity contribution in [3.05, 3.63) is 29.6 Å². The summed E-state index contributed by atoms with van der Waals surface area (Å²) >= 11 is 1.64. The van der Waals surface area contributed by atoms with E-state index < -0.39 is 0 Å². The van der Waals surface area contributed by atoms with E-state index in [4.69, 9.17) is 0 Å². The molecule has 1 aromatic rings. The van der Waals surface area contributed by atoms with Crippen molar-refractivity contribution in [2.75, 3.05) is 6.54 Å². The molecular formula is C14H22FNS. The van der Waals surface area contributed by atoms with E-state index in [0.29, 0.717) is 11.2 Å². The van der Waals surface area contributed by atoms with Gasteiger partial charge in [0.25, 0.3) is 0 Å². The summed E-state index contributed by atoms with van der Waals surface area (Å²) in [6, 6.07) is 5.33. The summed E-state index contributed by atoms with van der Waals surface area (Å²) in [5.41, 5.74) is 1.06. The molecule has 0 aliphatic carbocycles. The van der Waals surface area contributed by atoms with Crippen molar-refractivity contribution < 1.29 is 4.39 Å². The van der Waals surface area contributed by atoms with Crippen LogP contribution in [0, 0.1) is 11.7 Å². The predicted molar refractivity (Wildman–Crippen MR) is 73.9 cm³/mol. The van der Waals surface area contributed by atoms with Crippen molar-refractivity contribution in [2.45, 2.75) is 44.4 Å². The Kier molecular flexibility index (Phi) is 6.00. The van der Waals surface area contributed by atoms with Gasteiger partial charge >= 0.3 is 0 Å². The molecule has 0 radical (unpaired) electrons. The summed E-state index contributed by atoms with van der Waals surface area (Å²) in [4.78, 5) is 0.801. The van der Waals surface area contributed by atoms with E-state index in [1.54, 1.807) is 23.9 Å². The third-order valence-electron chi connectivity index (χ3n) is 2.86. The lowest BCUT2D eigenvalue weighted by Crippen LogP contribution is -2.14. The first-order chi connectivity index (χ1) is 8.06. The van der Waals surface area contributed by atoms with E-state index in [-0.39, 0.29) is 5.82 Å². The minimum absolute atomic E-state index is 0.0992. The number of benzene rings is 1. The molecule has 1 atom stereocenters. The molecule has 1 N–H and O–H groups in total. The highest BCUT2D eigenvalue weighted by molar-refractivity contribution is 8.00. The second-order valence-electron chi connectivity index (χ2n) is 4.58. The first kappa shape index (κ1) is 14.5. The number of hydrogen-bond acceptors (Lipinski definition) is 2. The van der Waals surface area contributed by atoms with Crippen LogP contribution in [0.2, 0.25) is 0 Å². The van der Waals surface area contributed by atoms with Gasteiger partial charge < -0.3 is 5.32 Å². The number of nitrogens with one attached hydrogen (secondary N) is 1. The van der Waals surface area contributed by atoms with Gasteiger partial charge in [0.1, 0.15) is 5.82 Å². The molecule has 1 nitrogen and oxygen atoms in total. The van der Waals surface area contributed by atoms with Gasteiger partial charge in [-0.2, -0.15) is 0 Å². The van der Waals surface area contributed by atoms with Crippen LogP contribution in [0.15, 0.2) is 23.1 Å². The van der Waals surface area contributed by atoms with Crippen molar-refractivity contribution in [2.24, 2.45) is 5.92 Å². The molecule has 0 bridgehead atoms. The molecule has 96 valence electrons. The van der Waals surface area contributed by atoms with Crippen LogP contribution in [0.5, 0.6) is 0 Å². The first-order valence-electron chi connectivity index (χ1n) is 6.21. The van der Waals surface area contributed by atoms with Gasteiger partial charge in [-0.1, -0.05) is 39.8 Å². The maximum absolute atomic E-state index is 13.9. The lowest BCUT2D eigenvalue weighted by atomic mass is 10.2. The van der Waals surface area contributed by atoms with Crippen molar-refractivity contribution in [3.8, 4) is 0 Å². The van der Waals surface area contributed by atoms with Gasteiger partial charge in [0.2, 0.25) is 0 Å². The predicted octanol–water partition coefficient (Wildman–Crippen LogP) is 4.07. The van der Waals surface area contributed by atoms with Crippen LogP contribution in [-0.2, 0) is 6.54 Å². The molecule has 1 rings (SSSR count). The smallest absolute Gasteiger partial charge is 0.137 e. The van der Waals surface area contributed by atoms with E-state index in [0.717, 1.165) is 23.5 Å². The summed E-state index contributed by atoms with van der Waals surface area (Å²) in [5, 5.41) is 3.68. The van der Waals surface area contributed by atoms with Gasteiger partial charge in [-0.25, -0.2) is 4.39 Å². The minimum atomic E-state index is -0.0992. The molecule has 1 aromatic carbocycles. The first-order valence-corrected chi connectivity index (χ1v) is 7.09. The average molecular weight is 255 g/mol. The van der Waals surface area contributed by atoms with Crippen LogP contribution in [0.4, 0.5) is 4.39 Å². The molecule has 0 aliphatic rings. The largest absolute Gasteiger partial charge is 0.313 e. The third kappa shape index (κ3) is 4.32. The number of hydrogen-bond donors (Lipinski definition) is 1. The summed E-state index contributed by atoms with van der Waals surface area (Å²) in [5.74, 6) is 0.449. The average Bonchev–Trinajstić information content (AvgIpc) is 2.29. The fraction of sp³-hybridized carbons (Fsp3) is 0.571. The third-order valence-corrected chi connectivity index (χ3v) is 4.47. The van der Waals surface area contributed by atoms with Gasteiger partial charge in [-0.15, -0.1) is 11.8 Å². The highest BCUT2D eigenvalue weighted by atomic mass is 32.2. The molecule has 0 heterocycles. The second-order valence-corrected chi connectivity index (χ2v) is 5.96. The van der Waals surface area contributed by atoms with E-state index in [1.165, 1.54) is 0 Å². The fourth-order valence-corrected chi connectivity index (χ4v) is 2.52. The molecule has 0 amide bonds. The van der Waals surface area contributed by atoms with Crippen LogP contribution in [0.3, 0.4) is 0 Å². The van der Waals surface area contributed by atoms with Gasteiger partial charge in [-0.3, -0.25) is 0 Å². The molecule has 17 heavy (non-hydrogen) atoms. The summed E-state index contributed by atoms with van der Waals surface area (Å²) in [6.45, 7) is 10.2. The molecular weight excluding hydrogens is 233 g/mol. The zero-order chi connectivity index (χ0) is 12.8. The van der Waals surface area contributed by atoms with Crippen molar-refractivity contribution in [1.82, 2.24) is 5.32 Å². The molecule has 3 heteroatoms. The van der Waals surface area contributed by atoms with Crippen LogP contribution in [-0.4, -0.2) is 11.8 Å². The standard InChI is InChI=1S/C14H22FNS/c1-5-16-9-12-7-6-8-13(15)14(12)17-11(4)10(2)3/h6-8,10-11,16H,5,9H2,1-4H3. The van der Waals surface area contributed by atoms with Gasteiger partial charge in [0, 0.05) is 16.7 Å². The highest BCUT2D eigenvalue weighted by Gasteiger charge is 2.15. The topological polar surface area (TPSA) is 12.0 Å². The van der Waals surface area contributed by atoms with Crippen LogP contribution < -0.4 is 5.32 Å². The van der Waals surface area contributed by atoms with Crippen molar-refractivity contribution >= 4 is 11.8 Å². The van der Waals surface area contributed by atoms with Gasteiger partial charge in [0.15, 0.2) is 0 Å². The molecule has 1 unspecified atom stereocenters. The molecule has 0 fully saturated rings. The highest BCUT2D eigenvalue weighted by Crippen LogP contribution is 2.32. The lowest BCUT2D eigenvalue weighted by Gasteiger charge is -2.18. The van der Waals surface area contributed by atoms with E-state index in [1.807, 2.05) is 6.07 Å². The van der Waals surface area contributed by atoms with E-state index in [9.17, 15) is 4.39 Å². The summed E-state index contributed by atoms with van der Waals surface area (Å²) < 4.78 is 13.9. The molecule has 0 aliphatic heterocycles. The Bertz CT molecular complexity index is 352. The maximum atomic E-state index is 13.9. The minimum Gasteiger partial charge on any atom is -0.313 e. The molecule has 0 spiro atoms. The number of halogens is 1. The second kappa shape index (κ2) is 7.02. The molecule has 0 saturated heterocycles. The zero-order valence-electron chi connectivity index (χ0n) is 11.1. The van der Waals surface area contributed by atoms with Crippen LogP contribution >= 0.6 is 11.8 Å².